The number of carbonyl (C=O) groups excluding carboxylic acids is 1. The third kappa shape index (κ3) is 49.4. The van der Waals surface area contributed by atoms with Crippen LogP contribution in [0.1, 0.15) is 309 Å². The van der Waals surface area contributed by atoms with Crippen LogP contribution in [0.15, 0.2) is 85.1 Å². The number of hydrogen-bond donors (Lipinski definition) is 6. The summed E-state index contributed by atoms with van der Waals surface area (Å²) in [5.74, 6) is -0.183. The first-order chi connectivity index (χ1) is 39.8. The molecular weight excluding hydrogens is 1010 g/mol. The van der Waals surface area contributed by atoms with Crippen molar-refractivity contribution in [1.29, 1.82) is 0 Å². The summed E-state index contributed by atoms with van der Waals surface area (Å²) < 4.78 is 11.3. The Hall–Kier alpha value is -2.63. The molecule has 470 valence electrons. The van der Waals surface area contributed by atoms with Crippen LogP contribution < -0.4 is 5.32 Å². The third-order valence-corrected chi connectivity index (χ3v) is 16.0. The molecule has 0 spiro atoms. The van der Waals surface area contributed by atoms with E-state index in [0.29, 0.717) is 6.42 Å². The van der Waals surface area contributed by atoms with Gasteiger partial charge in [-0.15, -0.1) is 0 Å². The molecule has 1 aliphatic heterocycles. The van der Waals surface area contributed by atoms with Crippen LogP contribution in [-0.2, 0) is 14.3 Å². The predicted octanol–water partition coefficient (Wildman–Crippen LogP) is 18.5. The number of carbonyl (C=O) groups is 1. The molecule has 1 saturated heterocycles. The van der Waals surface area contributed by atoms with Crippen LogP contribution in [0.2, 0.25) is 0 Å². The normalized spacial score (nSPS) is 18.9. The molecule has 9 heteroatoms. The number of ether oxygens (including phenoxy) is 2. The van der Waals surface area contributed by atoms with Crippen molar-refractivity contribution in [2.75, 3.05) is 13.2 Å². The fourth-order valence-electron chi connectivity index (χ4n) is 10.6. The van der Waals surface area contributed by atoms with Crippen LogP contribution in [0.25, 0.3) is 0 Å². The fraction of sp³-hybridized carbons (Fsp3) is 0.792. The van der Waals surface area contributed by atoms with E-state index in [0.717, 1.165) is 70.6 Å². The van der Waals surface area contributed by atoms with Gasteiger partial charge in [0.1, 0.15) is 24.4 Å². The zero-order valence-electron chi connectivity index (χ0n) is 52.5. The van der Waals surface area contributed by atoms with Gasteiger partial charge in [0, 0.05) is 6.42 Å². The van der Waals surface area contributed by atoms with E-state index in [4.69, 9.17) is 9.47 Å². The topological polar surface area (TPSA) is 149 Å². The number of allylic oxidation sites excluding steroid dienone is 13. The zero-order chi connectivity index (χ0) is 58.6. The molecule has 1 rings (SSSR count). The Morgan fingerprint density at radius 3 is 1.19 bits per heavy atom. The molecule has 0 aromatic heterocycles. The molecule has 0 aromatic rings. The van der Waals surface area contributed by atoms with Crippen LogP contribution >= 0.6 is 0 Å². The molecule has 7 atom stereocenters. The van der Waals surface area contributed by atoms with Crippen molar-refractivity contribution in [3.63, 3.8) is 0 Å². The monoisotopic (exact) mass is 1140 g/mol. The Morgan fingerprint density at radius 1 is 0.432 bits per heavy atom. The second-order valence-electron chi connectivity index (χ2n) is 23.6. The van der Waals surface area contributed by atoms with Crippen LogP contribution in [0.3, 0.4) is 0 Å². The molecule has 0 bridgehead atoms. The highest BCUT2D eigenvalue weighted by Crippen LogP contribution is 2.23. The minimum atomic E-state index is -1.57. The van der Waals surface area contributed by atoms with Gasteiger partial charge in [-0.1, -0.05) is 311 Å². The van der Waals surface area contributed by atoms with Crippen molar-refractivity contribution in [3.05, 3.63) is 85.1 Å². The molecule has 1 heterocycles. The lowest BCUT2D eigenvalue weighted by molar-refractivity contribution is -0.302. The summed E-state index contributed by atoms with van der Waals surface area (Å²) in [7, 11) is 0. The molecule has 7 unspecified atom stereocenters. The van der Waals surface area contributed by atoms with E-state index in [-0.39, 0.29) is 12.5 Å². The standard InChI is InChI=1S/C72H129NO8/c1-3-5-7-9-11-13-15-17-19-21-23-25-26-27-28-29-30-31-32-33-34-35-36-37-38-39-40-42-44-46-48-50-52-54-56-58-60-62-68(76)73-65(64-80-72-71(79)70(78)69(77)67(63-74)81-72)66(75)61-59-57-55-53-51-49-47-45-43-41-24-22-20-18-16-14-12-10-8-6-4-2/h5,7,11,13,17,19,23,25,27-28,51,53,59,61,65-67,69-72,74-75,77-79H,3-4,6,8-10,12,14-16,18,20-22,24,26,29-50,52,54-58,60,62-64H2,1-2H3,(H,73,76)/b7-5-,13-11-,19-17-,25-23-,28-27-,53-51+,61-59+. The molecule has 1 amide bonds. The maximum absolute atomic E-state index is 13.1. The van der Waals surface area contributed by atoms with Crippen molar-refractivity contribution < 1.29 is 39.8 Å². The minimum Gasteiger partial charge on any atom is -0.394 e. The van der Waals surface area contributed by atoms with Gasteiger partial charge >= 0.3 is 0 Å². The van der Waals surface area contributed by atoms with E-state index in [1.165, 1.54) is 218 Å². The molecule has 0 radical (unpaired) electrons. The lowest BCUT2D eigenvalue weighted by Gasteiger charge is -2.40. The number of unbranched alkanes of at least 4 members (excludes halogenated alkanes) is 37. The lowest BCUT2D eigenvalue weighted by atomic mass is 9.99. The van der Waals surface area contributed by atoms with Gasteiger partial charge in [-0.3, -0.25) is 4.79 Å². The third-order valence-electron chi connectivity index (χ3n) is 16.0. The van der Waals surface area contributed by atoms with Crippen LogP contribution in [-0.4, -0.2) is 87.5 Å². The Balaban J connectivity index is 2.11. The molecule has 81 heavy (non-hydrogen) atoms. The van der Waals surface area contributed by atoms with E-state index in [2.05, 4.69) is 92.1 Å². The lowest BCUT2D eigenvalue weighted by Crippen LogP contribution is -2.60. The molecule has 9 nitrogen and oxygen atoms in total. The summed E-state index contributed by atoms with van der Waals surface area (Å²) in [6, 6.07) is -0.824. The van der Waals surface area contributed by atoms with E-state index >= 15 is 0 Å². The summed E-state index contributed by atoms with van der Waals surface area (Å²) >= 11 is 0. The molecule has 0 aromatic carbocycles. The Bertz CT molecular complexity index is 1550. The summed E-state index contributed by atoms with van der Waals surface area (Å²) in [6.45, 7) is 3.68. The van der Waals surface area contributed by atoms with Crippen molar-refractivity contribution in [2.24, 2.45) is 0 Å². The Labute approximate surface area is 499 Å². The Morgan fingerprint density at radius 2 is 0.778 bits per heavy atom. The van der Waals surface area contributed by atoms with Gasteiger partial charge in [0.15, 0.2) is 6.29 Å². The van der Waals surface area contributed by atoms with Gasteiger partial charge in [0.2, 0.25) is 5.91 Å². The summed E-state index contributed by atoms with van der Waals surface area (Å²) in [5.41, 5.74) is 0. The van der Waals surface area contributed by atoms with Crippen molar-refractivity contribution in [2.45, 2.75) is 352 Å². The average molecular weight is 1140 g/mol. The smallest absolute Gasteiger partial charge is 0.220 e. The summed E-state index contributed by atoms with van der Waals surface area (Å²) in [5, 5.41) is 54.7. The van der Waals surface area contributed by atoms with E-state index < -0.39 is 49.5 Å². The second-order valence-corrected chi connectivity index (χ2v) is 23.6. The highest BCUT2D eigenvalue weighted by atomic mass is 16.7. The fourth-order valence-corrected chi connectivity index (χ4v) is 10.6. The van der Waals surface area contributed by atoms with Gasteiger partial charge in [-0.2, -0.15) is 0 Å². The number of aliphatic hydroxyl groups is 5. The molecule has 0 aliphatic carbocycles. The van der Waals surface area contributed by atoms with Crippen LogP contribution in [0.5, 0.6) is 0 Å². The van der Waals surface area contributed by atoms with Crippen LogP contribution in [0, 0.1) is 0 Å². The van der Waals surface area contributed by atoms with Gasteiger partial charge < -0.3 is 40.3 Å². The van der Waals surface area contributed by atoms with Crippen molar-refractivity contribution in [3.8, 4) is 0 Å². The largest absolute Gasteiger partial charge is 0.394 e. The van der Waals surface area contributed by atoms with E-state index in [1.807, 2.05) is 6.08 Å². The highest BCUT2D eigenvalue weighted by Gasteiger charge is 2.44. The number of amides is 1. The number of hydrogen-bond acceptors (Lipinski definition) is 8. The first-order valence-corrected chi connectivity index (χ1v) is 34.3. The first-order valence-electron chi connectivity index (χ1n) is 34.3. The zero-order valence-corrected chi connectivity index (χ0v) is 52.5. The molecule has 0 saturated carbocycles. The number of aliphatic hydroxyl groups excluding tert-OH is 5. The van der Waals surface area contributed by atoms with E-state index in [9.17, 15) is 30.3 Å². The van der Waals surface area contributed by atoms with Crippen molar-refractivity contribution in [1.82, 2.24) is 5.32 Å². The number of nitrogens with one attached hydrogen (secondary N) is 1. The predicted molar refractivity (Wildman–Crippen MR) is 345 cm³/mol. The highest BCUT2D eigenvalue weighted by molar-refractivity contribution is 5.76. The van der Waals surface area contributed by atoms with Crippen molar-refractivity contribution >= 4 is 5.91 Å². The summed E-state index contributed by atoms with van der Waals surface area (Å²) in [4.78, 5) is 13.1. The maximum Gasteiger partial charge on any atom is 0.220 e. The van der Waals surface area contributed by atoms with Gasteiger partial charge in [-0.25, -0.2) is 0 Å². The van der Waals surface area contributed by atoms with Gasteiger partial charge in [0.05, 0.1) is 25.4 Å². The number of rotatable bonds is 59. The van der Waals surface area contributed by atoms with E-state index in [1.54, 1.807) is 6.08 Å². The molecule has 6 N–H and O–H groups in total. The minimum absolute atomic E-state index is 0.183. The first kappa shape index (κ1) is 76.4. The maximum atomic E-state index is 13.1. The second kappa shape index (κ2) is 60.5. The summed E-state index contributed by atoms with van der Waals surface area (Å²) in [6.07, 6.45) is 79.7. The Kier molecular flexibility index (Phi) is 57.0. The molecule has 1 fully saturated rings. The molecular formula is C72H129NO8. The molecule has 1 aliphatic rings. The quantitative estimate of drug-likeness (QED) is 0.0261. The SMILES string of the molecule is CC/C=C\C/C=C\C/C=C\C/C=C\C/C=C\CCCCCCCCCCCCCCCCCCCCCCCC(=O)NC(COC1OC(CO)C(O)C(O)C1O)C(O)/C=C/CC/C=C/CCCCCCCCCCCCCCCCC. The van der Waals surface area contributed by atoms with Gasteiger partial charge in [-0.05, 0) is 77.0 Å². The van der Waals surface area contributed by atoms with Crippen LogP contribution in [0.4, 0.5) is 0 Å². The average Bonchev–Trinajstić information content (AvgIpc) is 3.49. The van der Waals surface area contributed by atoms with Gasteiger partial charge in [0.25, 0.3) is 0 Å².